The second-order valence-electron chi connectivity index (χ2n) is 11.1. The minimum atomic E-state index is -1.33. The van der Waals surface area contributed by atoms with Gasteiger partial charge in [-0.15, -0.1) is 0 Å². The molecule has 3 fully saturated rings. The van der Waals surface area contributed by atoms with Crippen LogP contribution in [-0.2, 0) is 26.3 Å². The molecule has 7 rings (SSSR count). The number of hydrogen-bond acceptors (Lipinski definition) is 4. The molecule has 7 nitrogen and oxygen atoms in total. The van der Waals surface area contributed by atoms with Gasteiger partial charge in [0, 0.05) is 45.5 Å². The number of likely N-dealkylation sites (tertiary alicyclic amines) is 1. The summed E-state index contributed by atoms with van der Waals surface area (Å²) in [7, 11) is 0. The molecule has 1 spiro atoms. The van der Waals surface area contributed by atoms with Crippen molar-refractivity contribution < 1.29 is 14.4 Å². The van der Waals surface area contributed by atoms with Crippen LogP contribution < -0.4 is 10.6 Å². The second-order valence-corrected chi connectivity index (χ2v) is 11.5. The first-order chi connectivity index (χ1) is 17.9. The van der Waals surface area contributed by atoms with E-state index < -0.39 is 17.4 Å². The SMILES string of the molecule is Cc1cc(Cl)cc2c1NC(=O)[C@]21N[C@H](Cc2c[nH]c3ccccc23)[C@H]2C(=O)N(C3CCCCC3)C(=O)[C@H]21. The number of carbonyl (C=O) groups excluding carboxylic acids is 3. The summed E-state index contributed by atoms with van der Waals surface area (Å²) in [6.45, 7) is 1.90. The predicted molar refractivity (Wildman–Crippen MR) is 141 cm³/mol. The summed E-state index contributed by atoms with van der Waals surface area (Å²) in [5.74, 6) is -2.08. The number of para-hydroxylation sites is 1. The number of H-pyrrole nitrogens is 1. The molecular weight excluding hydrogens is 488 g/mol. The molecule has 1 saturated carbocycles. The van der Waals surface area contributed by atoms with Crippen LogP contribution in [-0.4, -0.2) is 39.7 Å². The Morgan fingerprint density at radius 3 is 2.65 bits per heavy atom. The van der Waals surface area contributed by atoms with E-state index in [1.165, 1.54) is 4.90 Å². The maximum Gasteiger partial charge on any atom is 0.250 e. The van der Waals surface area contributed by atoms with Gasteiger partial charge in [-0.25, -0.2) is 0 Å². The smallest absolute Gasteiger partial charge is 0.250 e. The Labute approximate surface area is 219 Å². The zero-order valence-electron chi connectivity index (χ0n) is 20.6. The summed E-state index contributed by atoms with van der Waals surface area (Å²) in [4.78, 5) is 47.0. The highest BCUT2D eigenvalue weighted by Crippen LogP contribution is 2.55. The van der Waals surface area contributed by atoms with E-state index >= 15 is 0 Å². The molecule has 2 aromatic carbocycles. The van der Waals surface area contributed by atoms with Gasteiger partial charge in [0.1, 0.15) is 5.54 Å². The molecule has 0 bridgehead atoms. The molecule has 3 amide bonds. The van der Waals surface area contributed by atoms with Gasteiger partial charge in [-0.2, -0.15) is 0 Å². The van der Waals surface area contributed by atoms with Crippen molar-refractivity contribution in [2.75, 3.05) is 5.32 Å². The van der Waals surface area contributed by atoms with Crippen LogP contribution in [0.3, 0.4) is 0 Å². The zero-order valence-corrected chi connectivity index (χ0v) is 21.4. The number of nitrogens with one attached hydrogen (secondary N) is 3. The molecule has 2 saturated heterocycles. The van der Waals surface area contributed by atoms with Gasteiger partial charge in [-0.05, 0) is 55.5 Å². The molecule has 4 aliphatic rings. The first-order valence-electron chi connectivity index (χ1n) is 13.2. The van der Waals surface area contributed by atoms with Crippen LogP contribution in [0.5, 0.6) is 0 Å². The second kappa shape index (κ2) is 8.17. The maximum atomic E-state index is 14.2. The quantitative estimate of drug-likeness (QED) is 0.449. The highest BCUT2D eigenvalue weighted by Gasteiger charge is 2.71. The Balaban J connectivity index is 1.37. The van der Waals surface area contributed by atoms with Crippen molar-refractivity contribution in [3.8, 4) is 0 Å². The summed E-state index contributed by atoms with van der Waals surface area (Å²) in [6, 6.07) is 11.2. The van der Waals surface area contributed by atoms with Gasteiger partial charge in [-0.1, -0.05) is 49.1 Å². The minimum Gasteiger partial charge on any atom is -0.361 e. The molecule has 37 heavy (non-hydrogen) atoms. The van der Waals surface area contributed by atoms with E-state index in [-0.39, 0.29) is 29.8 Å². The first-order valence-corrected chi connectivity index (χ1v) is 13.6. The van der Waals surface area contributed by atoms with Crippen LogP contribution in [0.1, 0.15) is 48.8 Å². The van der Waals surface area contributed by atoms with Crippen LogP contribution in [0.25, 0.3) is 10.9 Å². The Hall–Kier alpha value is -3.16. The van der Waals surface area contributed by atoms with Crippen molar-refractivity contribution in [1.82, 2.24) is 15.2 Å². The Morgan fingerprint density at radius 1 is 1.05 bits per heavy atom. The molecule has 4 atom stereocenters. The van der Waals surface area contributed by atoms with Crippen molar-refractivity contribution in [2.45, 2.75) is 63.1 Å². The first kappa shape index (κ1) is 23.0. The van der Waals surface area contributed by atoms with Crippen LogP contribution in [0.4, 0.5) is 5.69 Å². The average Bonchev–Trinajstić information content (AvgIpc) is 3.60. The maximum absolute atomic E-state index is 14.2. The molecular formula is C29H29ClN4O3. The number of halogens is 1. The number of nitrogens with zero attached hydrogens (tertiary/aromatic N) is 1. The topological polar surface area (TPSA) is 94.3 Å². The summed E-state index contributed by atoms with van der Waals surface area (Å²) in [6.07, 6.45) is 7.30. The van der Waals surface area contributed by atoms with E-state index in [4.69, 9.17) is 11.6 Å². The lowest BCUT2D eigenvalue weighted by atomic mass is 9.76. The standard InChI is InChI=1S/C29H29ClN4O3/c1-15-11-17(30)13-20-25(15)32-28(37)29(20)24-23(26(35)34(27(24)36)18-7-3-2-4-8-18)22(33-29)12-16-14-31-21-10-6-5-9-19(16)21/h5-6,9-11,13-14,18,22-24,31,33H,2-4,7-8,12H2,1H3,(H,32,37)/t22-,23-,24+,29+/m1/s1. The third kappa shape index (κ3) is 3.13. The number of benzene rings is 2. The highest BCUT2D eigenvalue weighted by molar-refractivity contribution is 6.31. The number of rotatable bonds is 3. The lowest BCUT2D eigenvalue weighted by Gasteiger charge is -2.34. The van der Waals surface area contributed by atoms with Crippen LogP contribution >= 0.6 is 11.6 Å². The molecule has 3 N–H and O–H groups in total. The summed E-state index contributed by atoms with van der Waals surface area (Å²) in [5, 5.41) is 8.18. The Bertz CT molecular complexity index is 1480. The van der Waals surface area contributed by atoms with Crippen molar-refractivity contribution >= 4 is 45.9 Å². The normalized spacial score (nSPS) is 29.4. The summed E-state index contributed by atoms with van der Waals surface area (Å²) in [5.41, 5.74) is 2.94. The molecule has 1 aromatic heterocycles. The van der Waals surface area contributed by atoms with Crippen molar-refractivity contribution in [3.63, 3.8) is 0 Å². The van der Waals surface area contributed by atoms with Gasteiger partial charge >= 0.3 is 0 Å². The van der Waals surface area contributed by atoms with E-state index in [0.29, 0.717) is 22.7 Å². The van der Waals surface area contributed by atoms with Gasteiger partial charge in [0.15, 0.2) is 0 Å². The van der Waals surface area contributed by atoms with Crippen molar-refractivity contribution in [1.29, 1.82) is 0 Å². The molecule has 0 radical (unpaired) electrons. The number of aromatic amines is 1. The van der Waals surface area contributed by atoms with E-state index in [2.05, 4.69) is 21.7 Å². The molecule has 190 valence electrons. The molecule has 1 aliphatic carbocycles. The van der Waals surface area contributed by atoms with Crippen LogP contribution in [0.2, 0.25) is 5.02 Å². The van der Waals surface area contributed by atoms with Gasteiger partial charge in [0.25, 0.3) is 0 Å². The Morgan fingerprint density at radius 2 is 1.84 bits per heavy atom. The Kier molecular flexibility index (Phi) is 5.08. The number of amides is 3. The predicted octanol–water partition coefficient (Wildman–Crippen LogP) is 4.43. The number of carbonyl (C=O) groups is 3. The van der Waals surface area contributed by atoms with Crippen LogP contribution in [0, 0.1) is 18.8 Å². The number of aromatic nitrogens is 1. The van der Waals surface area contributed by atoms with Gasteiger partial charge < -0.3 is 10.3 Å². The monoisotopic (exact) mass is 516 g/mol. The number of aryl methyl sites for hydroxylation is 1. The number of anilines is 1. The third-order valence-electron chi connectivity index (χ3n) is 9.07. The fourth-order valence-corrected chi connectivity index (χ4v) is 7.74. The molecule has 0 unspecified atom stereocenters. The van der Waals surface area contributed by atoms with E-state index in [9.17, 15) is 14.4 Å². The fourth-order valence-electron chi connectivity index (χ4n) is 7.47. The average molecular weight is 517 g/mol. The van der Waals surface area contributed by atoms with E-state index in [1.807, 2.05) is 37.4 Å². The number of imide groups is 1. The largest absolute Gasteiger partial charge is 0.361 e. The minimum absolute atomic E-state index is 0.0878. The highest BCUT2D eigenvalue weighted by atomic mass is 35.5. The molecule has 4 heterocycles. The lowest BCUT2D eigenvalue weighted by Crippen LogP contribution is -2.54. The van der Waals surface area contributed by atoms with Crippen LogP contribution in [0.15, 0.2) is 42.6 Å². The molecule has 3 aliphatic heterocycles. The van der Waals surface area contributed by atoms with Gasteiger partial charge in [-0.3, -0.25) is 24.6 Å². The summed E-state index contributed by atoms with van der Waals surface area (Å²) >= 11 is 6.48. The fraction of sp³-hybridized carbons (Fsp3) is 0.414. The number of fused-ring (bicyclic) bond motifs is 5. The lowest BCUT2D eigenvalue weighted by molar-refractivity contribution is -0.146. The third-order valence-corrected chi connectivity index (χ3v) is 9.29. The summed E-state index contributed by atoms with van der Waals surface area (Å²) < 4.78 is 0. The van der Waals surface area contributed by atoms with E-state index in [0.717, 1.165) is 54.1 Å². The zero-order chi connectivity index (χ0) is 25.5. The molecule has 3 aromatic rings. The molecule has 8 heteroatoms. The van der Waals surface area contributed by atoms with Crippen molar-refractivity contribution in [2.24, 2.45) is 11.8 Å². The van der Waals surface area contributed by atoms with Gasteiger partial charge in [0.2, 0.25) is 17.7 Å². The number of hydrogen-bond donors (Lipinski definition) is 3. The van der Waals surface area contributed by atoms with Crippen molar-refractivity contribution in [3.05, 3.63) is 64.3 Å². The van der Waals surface area contributed by atoms with E-state index in [1.54, 1.807) is 6.07 Å². The van der Waals surface area contributed by atoms with Gasteiger partial charge in [0.05, 0.1) is 11.8 Å².